The SMILES string of the molecule is Nc1cccc(NC(=O)Nc2c(F)cc(Br)cc2F)c1. The first kappa shape index (κ1) is 14.3. The molecule has 20 heavy (non-hydrogen) atoms. The molecule has 0 fully saturated rings. The highest BCUT2D eigenvalue weighted by Crippen LogP contribution is 2.24. The van der Waals surface area contributed by atoms with Gasteiger partial charge in [0.1, 0.15) is 5.69 Å². The van der Waals surface area contributed by atoms with E-state index in [0.29, 0.717) is 11.4 Å². The Balaban J connectivity index is 2.13. The Kier molecular flexibility index (Phi) is 4.19. The average molecular weight is 342 g/mol. The van der Waals surface area contributed by atoms with Crippen LogP contribution in [0.4, 0.5) is 30.6 Å². The summed E-state index contributed by atoms with van der Waals surface area (Å²) in [7, 11) is 0. The van der Waals surface area contributed by atoms with E-state index in [9.17, 15) is 13.6 Å². The van der Waals surface area contributed by atoms with Gasteiger partial charge in [-0.1, -0.05) is 22.0 Å². The van der Waals surface area contributed by atoms with E-state index >= 15 is 0 Å². The van der Waals surface area contributed by atoms with E-state index in [1.807, 2.05) is 0 Å². The molecule has 0 aliphatic carbocycles. The van der Waals surface area contributed by atoms with Gasteiger partial charge in [-0.3, -0.25) is 0 Å². The van der Waals surface area contributed by atoms with Crippen molar-refractivity contribution in [2.45, 2.75) is 0 Å². The molecule has 0 aliphatic heterocycles. The number of nitrogens with two attached hydrogens (primary N) is 1. The van der Waals surface area contributed by atoms with E-state index in [1.165, 1.54) is 6.07 Å². The van der Waals surface area contributed by atoms with E-state index in [1.54, 1.807) is 18.2 Å². The molecule has 0 atom stereocenters. The summed E-state index contributed by atoms with van der Waals surface area (Å²) in [6.07, 6.45) is 0. The number of urea groups is 1. The number of hydrogen-bond donors (Lipinski definition) is 3. The van der Waals surface area contributed by atoms with Gasteiger partial charge >= 0.3 is 6.03 Å². The lowest BCUT2D eigenvalue weighted by molar-refractivity contribution is 0.262. The smallest absolute Gasteiger partial charge is 0.323 e. The maximum atomic E-state index is 13.5. The third-order valence-electron chi connectivity index (χ3n) is 2.39. The molecule has 0 heterocycles. The van der Waals surface area contributed by atoms with Gasteiger partial charge in [0.15, 0.2) is 11.6 Å². The fraction of sp³-hybridized carbons (Fsp3) is 0. The van der Waals surface area contributed by atoms with Crippen molar-refractivity contribution in [2.75, 3.05) is 16.4 Å². The predicted molar refractivity (Wildman–Crippen MR) is 77.6 cm³/mol. The molecule has 2 aromatic rings. The van der Waals surface area contributed by atoms with Crippen molar-refractivity contribution in [3.05, 3.63) is 52.5 Å². The van der Waals surface area contributed by atoms with Crippen LogP contribution in [0.25, 0.3) is 0 Å². The number of rotatable bonds is 2. The van der Waals surface area contributed by atoms with Crippen LogP contribution in [0.15, 0.2) is 40.9 Å². The molecule has 0 unspecified atom stereocenters. The molecule has 4 N–H and O–H groups in total. The monoisotopic (exact) mass is 341 g/mol. The molecule has 7 heteroatoms. The topological polar surface area (TPSA) is 67.1 Å². The van der Waals surface area contributed by atoms with Gasteiger partial charge in [0.25, 0.3) is 0 Å². The maximum absolute atomic E-state index is 13.5. The third kappa shape index (κ3) is 3.45. The Morgan fingerprint density at radius 2 is 1.75 bits per heavy atom. The molecule has 4 nitrogen and oxygen atoms in total. The first-order valence-electron chi connectivity index (χ1n) is 5.54. The van der Waals surface area contributed by atoms with Crippen molar-refractivity contribution in [2.24, 2.45) is 0 Å². The molecule has 104 valence electrons. The number of carbonyl (C=O) groups excluding carboxylic acids is 1. The summed E-state index contributed by atoms with van der Waals surface area (Å²) in [4.78, 5) is 11.7. The van der Waals surface area contributed by atoms with Crippen LogP contribution in [-0.2, 0) is 0 Å². The summed E-state index contributed by atoms with van der Waals surface area (Å²) >= 11 is 2.95. The number of amides is 2. The number of nitrogen functional groups attached to an aromatic ring is 1. The molecule has 2 rings (SSSR count). The fourth-order valence-corrected chi connectivity index (χ4v) is 1.96. The minimum absolute atomic E-state index is 0.245. The molecule has 0 aromatic heterocycles. The molecule has 2 aromatic carbocycles. The van der Waals surface area contributed by atoms with Crippen LogP contribution in [0, 0.1) is 11.6 Å². The van der Waals surface area contributed by atoms with Crippen molar-refractivity contribution in [1.82, 2.24) is 0 Å². The summed E-state index contributed by atoms with van der Waals surface area (Å²) in [6.45, 7) is 0. The van der Waals surface area contributed by atoms with Crippen molar-refractivity contribution < 1.29 is 13.6 Å². The summed E-state index contributed by atoms with van der Waals surface area (Å²) in [6, 6.07) is 7.76. The number of anilines is 3. The lowest BCUT2D eigenvalue weighted by atomic mass is 10.3. The average Bonchev–Trinajstić information content (AvgIpc) is 2.33. The van der Waals surface area contributed by atoms with Crippen LogP contribution in [0.2, 0.25) is 0 Å². The van der Waals surface area contributed by atoms with Crippen LogP contribution in [0.3, 0.4) is 0 Å². The predicted octanol–water partition coefficient (Wildman–Crippen LogP) is 3.95. The van der Waals surface area contributed by atoms with Gasteiger partial charge < -0.3 is 16.4 Å². The van der Waals surface area contributed by atoms with Gasteiger partial charge in [-0.25, -0.2) is 13.6 Å². The second kappa shape index (κ2) is 5.87. The standard InChI is InChI=1S/C13H10BrF2N3O/c14-7-4-10(15)12(11(16)5-7)19-13(20)18-9-3-1-2-8(17)6-9/h1-6H,17H2,(H2,18,19,20). The van der Waals surface area contributed by atoms with Crippen LogP contribution in [0.5, 0.6) is 0 Å². The Labute approximate surface area is 122 Å². The number of halogens is 3. The zero-order valence-corrected chi connectivity index (χ0v) is 11.7. The van der Waals surface area contributed by atoms with Gasteiger partial charge in [-0.2, -0.15) is 0 Å². The Morgan fingerprint density at radius 3 is 2.35 bits per heavy atom. The second-order valence-corrected chi connectivity index (χ2v) is 4.86. The van der Waals surface area contributed by atoms with E-state index in [0.717, 1.165) is 12.1 Å². The van der Waals surface area contributed by atoms with Crippen LogP contribution in [-0.4, -0.2) is 6.03 Å². The maximum Gasteiger partial charge on any atom is 0.323 e. The number of carbonyl (C=O) groups is 1. The van der Waals surface area contributed by atoms with Crippen molar-refractivity contribution >= 4 is 39.0 Å². The fourth-order valence-electron chi connectivity index (χ4n) is 1.55. The minimum Gasteiger partial charge on any atom is -0.399 e. The van der Waals surface area contributed by atoms with Crippen molar-refractivity contribution in [1.29, 1.82) is 0 Å². The highest BCUT2D eigenvalue weighted by molar-refractivity contribution is 9.10. The van der Waals surface area contributed by atoms with E-state index in [2.05, 4.69) is 26.6 Å². The first-order chi connectivity index (χ1) is 9.45. The third-order valence-corrected chi connectivity index (χ3v) is 2.85. The van der Waals surface area contributed by atoms with Crippen LogP contribution >= 0.6 is 15.9 Å². The summed E-state index contributed by atoms with van der Waals surface area (Å²) < 4.78 is 27.3. The highest BCUT2D eigenvalue weighted by Gasteiger charge is 2.13. The lowest BCUT2D eigenvalue weighted by Crippen LogP contribution is -2.21. The zero-order valence-electron chi connectivity index (χ0n) is 10.1. The number of hydrogen-bond acceptors (Lipinski definition) is 2. The molecule has 0 radical (unpaired) electrons. The molecule has 0 saturated carbocycles. The molecule has 2 amide bonds. The molecule has 0 spiro atoms. The van der Waals surface area contributed by atoms with E-state index in [-0.39, 0.29) is 4.47 Å². The first-order valence-corrected chi connectivity index (χ1v) is 6.33. The lowest BCUT2D eigenvalue weighted by Gasteiger charge is -2.10. The van der Waals surface area contributed by atoms with Gasteiger partial charge in [0, 0.05) is 15.8 Å². The summed E-state index contributed by atoms with van der Waals surface area (Å²) in [5.41, 5.74) is 5.91. The largest absolute Gasteiger partial charge is 0.399 e. The Morgan fingerprint density at radius 1 is 1.10 bits per heavy atom. The van der Waals surface area contributed by atoms with Gasteiger partial charge in [-0.05, 0) is 30.3 Å². The highest BCUT2D eigenvalue weighted by atomic mass is 79.9. The van der Waals surface area contributed by atoms with E-state index in [4.69, 9.17) is 5.73 Å². The molecule has 0 aliphatic rings. The van der Waals surface area contributed by atoms with Crippen LogP contribution < -0.4 is 16.4 Å². The normalized spacial score (nSPS) is 10.2. The van der Waals surface area contributed by atoms with Gasteiger partial charge in [0.05, 0.1) is 0 Å². The van der Waals surface area contributed by atoms with Crippen molar-refractivity contribution in [3.8, 4) is 0 Å². The van der Waals surface area contributed by atoms with E-state index < -0.39 is 23.4 Å². The quantitative estimate of drug-likeness (QED) is 0.724. The minimum atomic E-state index is -0.875. The molecular formula is C13H10BrF2N3O. The Hall–Kier alpha value is -2.15. The Bertz CT molecular complexity index is 641. The summed E-state index contributed by atoms with van der Waals surface area (Å²) in [5.74, 6) is -1.75. The second-order valence-electron chi connectivity index (χ2n) is 3.95. The molecule has 0 saturated heterocycles. The molecule has 0 bridgehead atoms. The van der Waals surface area contributed by atoms with Crippen LogP contribution in [0.1, 0.15) is 0 Å². The number of benzene rings is 2. The van der Waals surface area contributed by atoms with Gasteiger partial charge in [-0.15, -0.1) is 0 Å². The van der Waals surface area contributed by atoms with Gasteiger partial charge in [0.2, 0.25) is 0 Å². The zero-order chi connectivity index (χ0) is 14.7. The molecular weight excluding hydrogens is 332 g/mol. The number of nitrogens with one attached hydrogen (secondary N) is 2. The van der Waals surface area contributed by atoms with Crippen molar-refractivity contribution in [3.63, 3.8) is 0 Å². The summed E-state index contributed by atoms with van der Waals surface area (Å²) in [5, 5.41) is 4.54.